The molecule has 0 saturated carbocycles. The molecule has 1 heterocycles. The molecule has 0 unspecified atom stereocenters. The van der Waals surface area contributed by atoms with E-state index in [4.69, 9.17) is 0 Å². The van der Waals surface area contributed by atoms with Crippen molar-refractivity contribution >= 4 is 16.5 Å². The normalized spacial score (nSPS) is 10.5. The van der Waals surface area contributed by atoms with Crippen molar-refractivity contribution in [3.63, 3.8) is 0 Å². The van der Waals surface area contributed by atoms with Gasteiger partial charge in [-0.2, -0.15) is 0 Å². The van der Waals surface area contributed by atoms with Gasteiger partial charge < -0.3 is 0 Å². The minimum Gasteiger partial charge on any atom is -0.258 e. The van der Waals surface area contributed by atoms with Crippen molar-refractivity contribution in [2.24, 2.45) is 7.05 Å². The predicted molar refractivity (Wildman–Crippen MR) is 56.5 cm³/mol. The Balaban J connectivity index is 2.89. The third-order valence-electron chi connectivity index (χ3n) is 2.66. The highest BCUT2D eigenvalue weighted by Crippen LogP contribution is 2.25. The molecule has 0 spiro atoms. The van der Waals surface area contributed by atoms with E-state index in [9.17, 15) is 10.1 Å². The van der Waals surface area contributed by atoms with Crippen molar-refractivity contribution in [3.8, 4) is 0 Å². The molecule has 0 N–H and O–H groups in total. The van der Waals surface area contributed by atoms with Gasteiger partial charge in [-0.1, -0.05) is 6.07 Å². The number of benzene rings is 1. The van der Waals surface area contributed by atoms with Gasteiger partial charge in [-0.15, -0.1) is 0 Å². The number of rotatable bonds is 1. The van der Waals surface area contributed by atoms with Crippen molar-refractivity contribution in [1.29, 1.82) is 0 Å². The fourth-order valence-corrected chi connectivity index (χ4v) is 1.69. The number of nitro groups is 1. The summed E-state index contributed by atoms with van der Waals surface area (Å²) in [5.74, 6) is 0. The van der Waals surface area contributed by atoms with Crippen LogP contribution in [0.15, 0.2) is 30.5 Å². The Morgan fingerprint density at radius 2 is 2.00 bits per heavy atom. The molecule has 1 aromatic carbocycles. The van der Waals surface area contributed by atoms with Crippen molar-refractivity contribution in [2.75, 3.05) is 0 Å². The van der Waals surface area contributed by atoms with Crippen LogP contribution < -0.4 is 4.57 Å². The number of nitrogens with zero attached hydrogens (tertiary/aromatic N) is 2. The standard InChI is InChI=1S/C11H11N2O2/c1-8-9-4-3-5-11(13(14)15)10(9)6-7-12(8)2/h3-7H,1-2H3/q+1. The van der Waals surface area contributed by atoms with Crippen LogP contribution in [0.25, 0.3) is 10.8 Å². The summed E-state index contributed by atoms with van der Waals surface area (Å²) in [4.78, 5) is 10.5. The molecule has 2 rings (SSSR count). The second kappa shape index (κ2) is 3.31. The zero-order chi connectivity index (χ0) is 11.0. The second-order valence-electron chi connectivity index (χ2n) is 3.51. The highest BCUT2D eigenvalue weighted by molar-refractivity contribution is 5.91. The minimum atomic E-state index is -0.345. The van der Waals surface area contributed by atoms with Crippen LogP contribution in [-0.4, -0.2) is 4.92 Å². The zero-order valence-electron chi connectivity index (χ0n) is 8.60. The van der Waals surface area contributed by atoms with Gasteiger partial charge in [0.05, 0.1) is 15.7 Å². The average Bonchev–Trinajstić information content (AvgIpc) is 2.23. The Hall–Kier alpha value is -1.97. The lowest BCUT2D eigenvalue weighted by Crippen LogP contribution is -2.31. The summed E-state index contributed by atoms with van der Waals surface area (Å²) in [5, 5.41) is 12.4. The monoisotopic (exact) mass is 203 g/mol. The fraction of sp³-hybridized carbons (Fsp3) is 0.182. The van der Waals surface area contributed by atoms with Gasteiger partial charge in [0.2, 0.25) is 0 Å². The third kappa shape index (κ3) is 1.44. The van der Waals surface area contributed by atoms with E-state index < -0.39 is 0 Å². The number of aromatic nitrogens is 1. The van der Waals surface area contributed by atoms with Crippen LogP contribution in [0.5, 0.6) is 0 Å². The lowest BCUT2D eigenvalue weighted by Gasteiger charge is -2.00. The van der Waals surface area contributed by atoms with E-state index in [-0.39, 0.29) is 10.6 Å². The predicted octanol–water partition coefficient (Wildman–Crippen LogP) is 1.88. The summed E-state index contributed by atoms with van der Waals surface area (Å²) in [7, 11) is 1.92. The maximum atomic E-state index is 10.8. The fourth-order valence-electron chi connectivity index (χ4n) is 1.69. The molecule has 0 amide bonds. The highest BCUT2D eigenvalue weighted by atomic mass is 16.6. The van der Waals surface area contributed by atoms with Gasteiger partial charge >= 0.3 is 0 Å². The number of aryl methyl sites for hydroxylation is 2. The topological polar surface area (TPSA) is 47.0 Å². The molecule has 0 aliphatic carbocycles. The summed E-state index contributed by atoms with van der Waals surface area (Å²) in [5.41, 5.74) is 1.19. The summed E-state index contributed by atoms with van der Waals surface area (Å²) in [6.07, 6.45) is 1.84. The number of nitro benzene ring substituents is 1. The van der Waals surface area contributed by atoms with Gasteiger partial charge in [-0.25, -0.2) is 4.57 Å². The van der Waals surface area contributed by atoms with Crippen LogP contribution in [-0.2, 0) is 7.05 Å². The molecule has 0 fully saturated rings. The third-order valence-corrected chi connectivity index (χ3v) is 2.66. The van der Waals surface area contributed by atoms with E-state index >= 15 is 0 Å². The summed E-state index contributed by atoms with van der Waals surface area (Å²) in [6, 6.07) is 6.92. The van der Waals surface area contributed by atoms with Crippen LogP contribution >= 0.6 is 0 Å². The first-order valence-corrected chi connectivity index (χ1v) is 4.63. The van der Waals surface area contributed by atoms with Gasteiger partial charge in [0, 0.05) is 19.1 Å². The van der Waals surface area contributed by atoms with Gasteiger partial charge in [0.1, 0.15) is 7.05 Å². The van der Waals surface area contributed by atoms with E-state index in [0.29, 0.717) is 5.39 Å². The first kappa shape index (κ1) is 9.58. The van der Waals surface area contributed by atoms with Gasteiger partial charge in [-0.3, -0.25) is 10.1 Å². The molecule has 0 aliphatic heterocycles. The number of non-ortho nitro benzene ring substituents is 1. The summed E-state index contributed by atoms with van der Waals surface area (Å²) >= 11 is 0. The van der Waals surface area contributed by atoms with Crippen molar-refractivity contribution in [3.05, 3.63) is 46.3 Å². The smallest absolute Gasteiger partial charge is 0.258 e. The van der Waals surface area contributed by atoms with Crippen LogP contribution in [0.3, 0.4) is 0 Å². The largest absolute Gasteiger partial charge is 0.277 e. The first-order valence-electron chi connectivity index (χ1n) is 4.63. The molecule has 2 aromatic rings. The van der Waals surface area contributed by atoms with Gasteiger partial charge in [-0.05, 0) is 6.07 Å². The number of hydrogen-bond acceptors (Lipinski definition) is 2. The van der Waals surface area contributed by atoms with E-state index in [1.165, 1.54) is 6.07 Å². The van der Waals surface area contributed by atoms with E-state index in [0.717, 1.165) is 11.1 Å². The molecule has 0 saturated heterocycles. The number of pyridine rings is 1. The first-order chi connectivity index (χ1) is 7.11. The van der Waals surface area contributed by atoms with Crippen LogP contribution in [0.2, 0.25) is 0 Å². The van der Waals surface area contributed by atoms with E-state index in [2.05, 4.69) is 0 Å². The lowest BCUT2D eigenvalue weighted by molar-refractivity contribution is -0.676. The lowest BCUT2D eigenvalue weighted by atomic mass is 10.1. The molecular formula is C11H11N2O2+. The Kier molecular flexibility index (Phi) is 2.11. The van der Waals surface area contributed by atoms with Crippen molar-refractivity contribution in [2.45, 2.75) is 6.92 Å². The zero-order valence-corrected chi connectivity index (χ0v) is 8.60. The van der Waals surface area contributed by atoms with Gasteiger partial charge in [0.25, 0.3) is 5.69 Å². The summed E-state index contributed by atoms with van der Waals surface area (Å²) in [6.45, 7) is 1.95. The molecule has 15 heavy (non-hydrogen) atoms. The molecule has 4 nitrogen and oxygen atoms in total. The maximum Gasteiger partial charge on any atom is 0.277 e. The molecule has 0 atom stereocenters. The molecule has 4 heteroatoms. The molecule has 0 radical (unpaired) electrons. The van der Waals surface area contributed by atoms with Crippen molar-refractivity contribution < 1.29 is 9.49 Å². The Morgan fingerprint density at radius 1 is 1.27 bits per heavy atom. The number of fused-ring (bicyclic) bond motifs is 1. The van der Waals surface area contributed by atoms with Crippen LogP contribution in [0.1, 0.15) is 5.69 Å². The molecule has 0 aliphatic rings. The average molecular weight is 203 g/mol. The van der Waals surface area contributed by atoms with Gasteiger partial charge in [0.15, 0.2) is 11.9 Å². The minimum absolute atomic E-state index is 0.163. The Bertz CT molecular complexity index is 550. The van der Waals surface area contributed by atoms with Crippen LogP contribution in [0, 0.1) is 17.0 Å². The SMILES string of the molecule is Cc1c2cccc([N+](=O)[O-])c2cc[n+]1C. The molecule has 76 valence electrons. The Morgan fingerprint density at radius 3 is 2.67 bits per heavy atom. The number of hydrogen-bond donors (Lipinski definition) is 0. The molecule has 1 aromatic heterocycles. The van der Waals surface area contributed by atoms with E-state index in [1.807, 2.05) is 30.8 Å². The quantitative estimate of drug-likeness (QED) is 0.403. The van der Waals surface area contributed by atoms with Crippen LogP contribution in [0.4, 0.5) is 5.69 Å². The molecule has 0 bridgehead atoms. The molecular weight excluding hydrogens is 192 g/mol. The summed E-state index contributed by atoms with van der Waals surface area (Å²) < 4.78 is 1.95. The highest BCUT2D eigenvalue weighted by Gasteiger charge is 2.15. The van der Waals surface area contributed by atoms with Crippen molar-refractivity contribution in [1.82, 2.24) is 0 Å². The van der Waals surface area contributed by atoms with E-state index in [1.54, 1.807) is 12.1 Å². The maximum absolute atomic E-state index is 10.8. The Labute approximate surface area is 86.9 Å². The second-order valence-corrected chi connectivity index (χ2v) is 3.51.